The minimum atomic E-state index is -0.765. The fourth-order valence-electron chi connectivity index (χ4n) is 2.40. The van der Waals surface area contributed by atoms with Crippen molar-refractivity contribution in [1.82, 2.24) is 5.43 Å². The number of hydrazone groups is 1. The third-order valence-electron chi connectivity index (χ3n) is 3.61. The molecule has 7 nitrogen and oxygen atoms in total. The van der Waals surface area contributed by atoms with Gasteiger partial charge in [-0.3, -0.25) is 4.79 Å². The first-order valence-corrected chi connectivity index (χ1v) is 7.65. The number of methoxy groups -OCH3 is 2. The molecule has 0 unspecified atom stereocenters. The lowest BCUT2D eigenvalue weighted by Gasteiger charge is -2.24. The number of hydrogen-bond acceptors (Lipinski definition) is 6. The number of ether oxygens (including phenoxy) is 4. The number of para-hydroxylation sites is 3. The summed E-state index contributed by atoms with van der Waals surface area (Å²) in [6.07, 6.45) is 0.718. The van der Waals surface area contributed by atoms with Gasteiger partial charge < -0.3 is 18.9 Å². The van der Waals surface area contributed by atoms with Gasteiger partial charge in [-0.1, -0.05) is 18.2 Å². The number of carbonyl (C=O) groups is 1. The van der Waals surface area contributed by atoms with Crippen LogP contribution in [0.3, 0.4) is 0 Å². The summed E-state index contributed by atoms with van der Waals surface area (Å²) in [5.41, 5.74) is 3.12. The van der Waals surface area contributed by atoms with Crippen LogP contribution in [0, 0.1) is 0 Å². The van der Waals surface area contributed by atoms with Crippen LogP contribution in [0.1, 0.15) is 5.56 Å². The average molecular weight is 342 g/mol. The standard InChI is InChI=1S/C18H18N2O5/c1-22-15-9-5-6-12(17(15)23-2)10-19-20-18(21)16-11-24-13-7-3-4-8-14(13)25-16/h3-10,16H,11H2,1-2H3,(H,20,21)/b19-10-/t16-/m0/s1. The van der Waals surface area contributed by atoms with Crippen LogP contribution in [-0.2, 0) is 4.79 Å². The van der Waals surface area contributed by atoms with Crippen molar-refractivity contribution in [3.63, 3.8) is 0 Å². The summed E-state index contributed by atoms with van der Waals surface area (Å²) in [6.45, 7) is 0.126. The molecule has 1 N–H and O–H groups in total. The second kappa shape index (κ2) is 7.57. The van der Waals surface area contributed by atoms with Gasteiger partial charge in [-0.05, 0) is 24.3 Å². The molecule has 0 spiro atoms. The van der Waals surface area contributed by atoms with Crippen LogP contribution in [-0.4, -0.2) is 39.1 Å². The molecule has 7 heteroatoms. The van der Waals surface area contributed by atoms with Crippen molar-refractivity contribution in [2.75, 3.05) is 20.8 Å². The monoisotopic (exact) mass is 342 g/mol. The molecule has 1 aliphatic heterocycles. The summed E-state index contributed by atoms with van der Waals surface area (Å²) in [5.74, 6) is 1.88. The van der Waals surface area contributed by atoms with Crippen LogP contribution in [0.15, 0.2) is 47.6 Å². The Bertz CT molecular complexity index is 791. The van der Waals surface area contributed by atoms with E-state index in [4.69, 9.17) is 18.9 Å². The Morgan fingerprint density at radius 2 is 1.96 bits per heavy atom. The lowest BCUT2D eigenvalue weighted by Crippen LogP contribution is -2.42. The summed E-state index contributed by atoms with van der Waals surface area (Å²) < 4.78 is 21.7. The lowest BCUT2D eigenvalue weighted by molar-refractivity contribution is -0.130. The van der Waals surface area contributed by atoms with Gasteiger partial charge in [-0.2, -0.15) is 5.10 Å². The maximum Gasteiger partial charge on any atom is 0.284 e. The zero-order chi connectivity index (χ0) is 17.6. The highest BCUT2D eigenvalue weighted by atomic mass is 16.6. The molecule has 0 radical (unpaired) electrons. The minimum Gasteiger partial charge on any atom is -0.493 e. The van der Waals surface area contributed by atoms with E-state index in [1.165, 1.54) is 6.21 Å². The molecule has 2 aromatic carbocycles. The van der Waals surface area contributed by atoms with Gasteiger partial charge in [-0.25, -0.2) is 5.43 Å². The number of hydrogen-bond donors (Lipinski definition) is 1. The van der Waals surface area contributed by atoms with E-state index in [9.17, 15) is 4.79 Å². The first-order valence-electron chi connectivity index (χ1n) is 7.65. The summed E-state index contributed by atoms with van der Waals surface area (Å²) in [6, 6.07) is 12.6. The fourth-order valence-corrected chi connectivity index (χ4v) is 2.40. The fraction of sp³-hybridized carbons (Fsp3) is 0.222. The van der Waals surface area contributed by atoms with Gasteiger partial charge in [-0.15, -0.1) is 0 Å². The first-order chi connectivity index (χ1) is 12.2. The van der Waals surface area contributed by atoms with Crippen molar-refractivity contribution in [2.45, 2.75) is 6.10 Å². The number of rotatable bonds is 5. The normalized spacial score (nSPS) is 15.7. The summed E-state index contributed by atoms with van der Waals surface area (Å²) in [4.78, 5) is 12.2. The predicted molar refractivity (Wildman–Crippen MR) is 91.6 cm³/mol. The molecule has 3 rings (SSSR count). The van der Waals surface area contributed by atoms with E-state index in [1.54, 1.807) is 44.6 Å². The van der Waals surface area contributed by atoms with Crippen molar-refractivity contribution in [3.8, 4) is 23.0 Å². The van der Waals surface area contributed by atoms with Gasteiger partial charge in [0, 0.05) is 5.56 Å². The van der Waals surface area contributed by atoms with Gasteiger partial charge in [0.2, 0.25) is 6.10 Å². The summed E-state index contributed by atoms with van der Waals surface area (Å²) in [7, 11) is 3.09. The first kappa shape index (κ1) is 16.6. The topological polar surface area (TPSA) is 78.4 Å². The number of nitrogens with one attached hydrogen (secondary N) is 1. The van der Waals surface area contributed by atoms with E-state index >= 15 is 0 Å². The van der Waals surface area contributed by atoms with Gasteiger partial charge in [0.15, 0.2) is 23.0 Å². The Kier molecular flexibility index (Phi) is 5.03. The smallest absolute Gasteiger partial charge is 0.284 e. The SMILES string of the molecule is COc1cccc(/C=N\NC(=O)[C@@H]2COc3ccccc3O2)c1OC. The average Bonchev–Trinajstić information content (AvgIpc) is 2.67. The van der Waals surface area contributed by atoms with Crippen molar-refractivity contribution in [1.29, 1.82) is 0 Å². The Balaban J connectivity index is 1.64. The molecule has 0 aromatic heterocycles. The van der Waals surface area contributed by atoms with Crippen LogP contribution >= 0.6 is 0 Å². The lowest BCUT2D eigenvalue weighted by atomic mass is 10.2. The summed E-state index contributed by atoms with van der Waals surface area (Å²) >= 11 is 0. The van der Waals surface area contributed by atoms with Crippen molar-refractivity contribution < 1.29 is 23.7 Å². The van der Waals surface area contributed by atoms with Crippen molar-refractivity contribution in [2.24, 2.45) is 5.10 Å². The van der Waals surface area contributed by atoms with E-state index in [-0.39, 0.29) is 6.61 Å². The molecule has 2 aromatic rings. The highest BCUT2D eigenvalue weighted by Crippen LogP contribution is 2.31. The minimum absolute atomic E-state index is 0.126. The van der Waals surface area contributed by atoms with Gasteiger partial charge in [0.25, 0.3) is 5.91 Å². The number of carbonyl (C=O) groups excluding carboxylic acids is 1. The number of fused-ring (bicyclic) bond motifs is 1. The molecule has 0 aliphatic carbocycles. The molecule has 1 heterocycles. The molecule has 0 bridgehead atoms. The van der Waals surface area contributed by atoms with Crippen LogP contribution in [0.5, 0.6) is 23.0 Å². The molecule has 1 atom stereocenters. The Hall–Kier alpha value is -3.22. The molecule has 0 fully saturated rings. The van der Waals surface area contributed by atoms with Gasteiger partial charge in [0.05, 0.1) is 20.4 Å². The van der Waals surface area contributed by atoms with E-state index < -0.39 is 12.0 Å². The molecule has 25 heavy (non-hydrogen) atoms. The molecule has 0 saturated carbocycles. The molecule has 130 valence electrons. The zero-order valence-corrected chi connectivity index (χ0v) is 13.9. The van der Waals surface area contributed by atoms with E-state index in [0.717, 1.165) is 0 Å². The van der Waals surface area contributed by atoms with Crippen LogP contribution in [0.25, 0.3) is 0 Å². The van der Waals surface area contributed by atoms with Crippen molar-refractivity contribution in [3.05, 3.63) is 48.0 Å². The number of nitrogens with zero attached hydrogens (tertiary/aromatic N) is 1. The quantitative estimate of drug-likeness (QED) is 0.664. The number of amides is 1. The van der Waals surface area contributed by atoms with Crippen LogP contribution in [0.4, 0.5) is 0 Å². The third-order valence-corrected chi connectivity index (χ3v) is 3.61. The molecule has 0 saturated heterocycles. The second-order valence-corrected chi connectivity index (χ2v) is 5.18. The van der Waals surface area contributed by atoms with E-state index in [0.29, 0.717) is 28.6 Å². The van der Waals surface area contributed by atoms with Crippen molar-refractivity contribution >= 4 is 12.1 Å². The van der Waals surface area contributed by atoms with E-state index in [2.05, 4.69) is 10.5 Å². The van der Waals surface area contributed by atoms with Gasteiger partial charge in [0.1, 0.15) is 6.61 Å². The summed E-state index contributed by atoms with van der Waals surface area (Å²) in [5, 5.41) is 3.96. The maximum absolute atomic E-state index is 12.2. The highest BCUT2D eigenvalue weighted by Gasteiger charge is 2.27. The second-order valence-electron chi connectivity index (χ2n) is 5.18. The van der Waals surface area contributed by atoms with Gasteiger partial charge >= 0.3 is 0 Å². The largest absolute Gasteiger partial charge is 0.493 e. The predicted octanol–water partition coefficient (Wildman–Crippen LogP) is 1.99. The molecular weight excluding hydrogens is 324 g/mol. The maximum atomic E-state index is 12.2. The Morgan fingerprint density at radius 1 is 1.16 bits per heavy atom. The molecule has 1 amide bonds. The van der Waals surface area contributed by atoms with Crippen LogP contribution < -0.4 is 24.4 Å². The Morgan fingerprint density at radius 3 is 2.72 bits per heavy atom. The Labute approximate surface area is 145 Å². The highest BCUT2D eigenvalue weighted by molar-refractivity contribution is 5.87. The van der Waals surface area contributed by atoms with E-state index in [1.807, 2.05) is 12.1 Å². The zero-order valence-electron chi connectivity index (χ0n) is 13.9. The third kappa shape index (κ3) is 3.65. The molecular formula is C18H18N2O5. The van der Waals surface area contributed by atoms with Crippen LogP contribution in [0.2, 0.25) is 0 Å². The number of benzene rings is 2. The molecule has 1 aliphatic rings.